The Hall–Kier alpha value is -1.60. The summed E-state index contributed by atoms with van der Waals surface area (Å²) in [4.78, 5) is 0. The fourth-order valence-corrected chi connectivity index (χ4v) is 1.90. The molecular formula is C15H17N. The van der Waals surface area contributed by atoms with E-state index in [-0.39, 0.29) is 0 Å². The number of hydrogen-bond donors (Lipinski definition) is 1. The molecule has 0 bridgehead atoms. The maximum Gasteiger partial charge on any atom is -0.00111 e. The summed E-state index contributed by atoms with van der Waals surface area (Å²) < 4.78 is 0. The Balaban J connectivity index is 2.33. The van der Waals surface area contributed by atoms with E-state index in [9.17, 15) is 0 Å². The van der Waals surface area contributed by atoms with Crippen molar-refractivity contribution in [2.45, 2.75) is 6.42 Å². The molecule has 16 heavy (non-hydrogen) atoms. The molecule has 0 spiro atoms. The monoisotopic (exact) mass is 211 g/mol. The van der Waals surface area contributed by atoms with Crippen molar-refractivity contribution in [2.24, 2.45) is 0 Å². The summed E-state index contributed by atoms with van der Waals surface area (Å²) in [5.74, 6) is 0. The molecule has 1 heteroatoms. The van der Waals surface area contributed by atoms with Gasteiger partial charge in [-0.15, -0.1) is 0 Å². The second kappa shape index (κ2) is 5.47. The van der Waals surface area contributed by atoms with Crippen molar-refractivity contribution in [3.63, 3.8) is 0 Å². The third-order valence-electron chi connectivity index (χ3n) is 2.75. The van der Waals surface area contributed by atoms with Crippen LogP contribution in [0.4, 0.5) is 0 Å². The Morgan fingerprint density at radius 1 is 0.875 bits per heavy atom. The van der Waals surface area contributed by atoms with Gasteiger partial charge in [0.05, 0.1) is 0 Å². The average Bonchev–Trinajstić information content (AvgIpc) is 2.38. The van der Waals surface area contributed by atoms with Crippen molar-refractivity contribution in [1.29, 1.82) is 0 Å². The quantitative estimate of drug-likeness (QED) is 0.819. The van der Waals surface area contributed by atoms with Crippen molar-refractivity contribution in [3.8, 4) is 11.1 Å². The van der Waals surface area contributed by atoms with Crippen LogP contribution in [0.15, 0.2) is 54.6 Å². The Bertz CT molecular complexity index is 434. The van der Waals surface area contributed by atoms with E-state index in [1.54, 1.807) is 0 Å². The maximum absolute atomic E-state index is 3.19. The van der Waals surface area contributed by atoms with E-state index in [1.165, 1.54) is 16.7 Å². The summed E-state index contributed by atoms with van der Waals surface area (Å²) >= 11 is 0. The van der Waals surface area contributed by atoms with Gasteiger partial charge in [-0.3, -0.25) is 0 Å². The fourth-order valence-electron chi connectivity index (χ4n) is 1.90. The number of likely N-dealkylation sites (N-methyl/N-ethyl adjacent to an activating group) is 1. The van der Waals surface area contributed by atoms with E-state index in [4.69, 9.17) is 0 Å². The molecule has 0 aliphatic rings. The van der Waals surface area contributed by atoms with Crippen LogP contribution in [-0.2, 0) is 6.42 Å². The zero-order valence-corrected chi connectivity index (χ0v) is 9.61. The van der Waals surface area contributed by atoms with Crippen molar-refractivity contribution in [2.75, 3.05) is 13.6 Å². The van der Waals surface area contributed by atoms with Crippen LogP contribution in [0.5, 0.6) is 0 Å². The number of hydrogen-bond acceptors (Lipinski definition) is 1. The van der Waals surface area contributed by atoms with E-state index >= 15 is 0 Å². The lowest BCUT2D eigenvalue weighted by atomic mass is 9.98. The highest BCUT2D eigenvalue weighted by atomic mass is 14.8. The van der Waals surface area contributed by atoms with Crippen molar-refractivity contribution in [3.05, 3.63) is 60.2 Å². The first-order chi connectivity index (χ1) is 7.92. The highest BCUT2D eigenvalue weighted by Crippen LogP contribution is 2.23. The molecule has 0 aromatic heterocycles. The molecule has 0 aliphatic carbocycles. The zero-order chi connectivity index (χ0) is 11.2. The molecule has 0 aliphatic heterocycles. The molecule has 0 fully saturated rings. The largest absolute Gasteiger partial charge is 0.319 e. The molecule has 0 unspecified atom stereocenters. The summed E-state index contributed by atoms with van der Waals surface area (Å²) in [7, 11) is 1.99. The van der Waals surface area contributed by atoms with Gasteiger partial charge in [-0.05, 0) is 36.7 Å². The van der Waals surface area contributed by atoms with E-state index in [2.05, 4.69) is 59.9 Å². The second-order valence-corrected chi connectivity index (χ2v) is 3.88. The van der Waals surface area contributed by atoms with E-state index in [0.717, 1.165) is 13.0 Å². The molecule has 2 aromatic rings. The van der Waals surface area contributed by atoms with Gasteiger partial charge in [0.25, 0.3) is 0 Å². The number of nitrogens with one attached hydrogen (secondary N) is 1. The lowest BCUT2D eigenvalue weighted by Gasteiger charge is -2.09. The van der Waals surface area contributed by atoms with Crippen LogP contribution in [-0.4, -0.2) is 13.6 Å². The highest BCUT2D eigenvalue weighted by Gasteiger charge is 2.02. The Kier molecular flexibility index (Phi) is 3.73. The molecule has 1 nitrogen and oxygen atoms in total. The minimum absolute atomic E-state index is 1.02. The SMILES string of the molecule is CNCCc1ccccc1-c1ccccc1. The highest BCUT2D eigenvalue weighted by molar-refractivity contribution is 5.67. The predicted octanol–water partition coefficient (Wildman–Crippen LogP) is 3.12. The molecule has 0 atom stereocenters. The Morgan fingerprint density at radius 3 is 2.31 bits per heavy atom. The van der Waals surface area contributed by atoms with E-state index in [1.807, 2.05) is 7.05 Å². The third-order valence-corrected chi connectivity index (χ3v) is 2.75. The molecule has 82 valence electrons. The molecule has 2 aromatic carbocycles. The van der Waals surface area contributed by atoms with Crippen molar-refractivity contribution >= 4 is 0 Å². The lowest BCUT2D eigenvalue weighted by Crippen LogP contribution is -2.10. The molecule has 0 amide bonds. The smallest absolute Gasteiger partial charge is 0.00111 e. The topological polar surface area (TPSA) is 12.0 Å². The summed E-state index contributed by atoms with van der Waals surface area (Å²) in [5.41, 5.74) is 4.05. The van der Waals surface area contributed by atoms with Crippen LogP contribution < -0.4 is 5.32 Å². The maximum atomic E-state index is 3.19. The predicted molar refractivity (Wildman–Crippen MR) is 69.5 cm³/mol. The lowest BCUT2D eigenvalue weighted by molar-refractivity contribution is 0.792. The van der Waals surface area contributed by atoms with Gasteiger partial charge >= 0.3 is 0 Å². The van der Waals surface area contributed by atoms with Gasteiger partial charge in [-0.2, -0.15) is 0 Å². The summed E-state index contributed by atoms with van der Waals surface area (Å²) in [6.07, 6.45) is 1.07. The Labute approximate surface area is 97.1 Å². The first-order valence-corrected chi connectivity index (χ1v) is 5.70. The summed E-state index contributed by atoms with van der Waals surface area (Å²) in [6.45, 7) is 1.02. The number of rotatable bonds is 4. The van der Waals surface area contributed by atoms with Gasteiger partial charge in [0.2, 0.25) is 0 Å². The molecular weight excluding hydrogens is 194 g/mol. The molecule has 0 radical (unpaired) electrons. The van der Waals surface area contributed by atoms with Crippen LogP contribution in [0.1, 0.15) is 5.56 Å². The van der Waals surface area contributed by atoms with Gasteiger partial charge in [-0.1, -0.05) is 54.6 Å². The van der Waals surface area contributed by atoms with E-state index in [0.29, 0.717) is 0 Å². The fraction of sp³-hybridized carbons (Fsp3) is 0.200. The molecule has 0 saturated carbocycles. The molecule has 2 rings (SSSR count). The molecule has 0 saturated heterocycles. The van der Waals surface area contributed by atoms with Crippen LogP contribution >= 0.6 is 0 Å². The first-order valence-electron chi connectivity index (χ1n) is 5.70. The van der Waals surface area contributed by atoms with Gasteiger partial charge in [0.1, 0.15) is 0 Å². The summed E-state index contributed by atoms with van der Waals surface area (Å²) in [6, 6.07) is 19.2. The second-order valence-electron chi connectivity index (χ2n) is 3.88. The minimum Gasteiger partial charge on any atom is -0.319 e. The molecule has 1 N–H and O–H groups in total. The normalized spacial score (nSPS) is 10.3. The average molecular weight is 211 g/mol. The standard InChI is InChI=1S/C15H17N/c1-16-12-11-14-9-5-6-10-15(14)13-7-3-2-4-8-13/h2-10,16H,11-12H2,1H3. The van der Waals surface area contributed by atoms with Gasteiger partial charge in [-0.25, -0.2) is 0 Å². The first kappa shape index (κ1) is 10.9. The minimum atomic E-state index is 1.02. The zero-order valence-electron chi connectivity index (χ0n) is 9.61. The van der Waals surface area contributed by atoms with Crippen LogP contribution in [0.25, 0.3) is 11.1 Å². The van der Waals surface area contributed by atoms with Crippen molar-refractivity contribution in [1.82, 2.24) is 5.32 Å². The van der Waals surface area contributed by atoms with Gasteiger partial charge in [0, 0.05) is 0 Å². The molecule has 0 heterocycles. The van der Waals surface area contributed by atoms with Crippen molar-refractivity contribution < 1.29 is 0 Å². The van der Waals surface area contributed by atoms with Crippen LogP contribution in [0.2, 0.25) is 0 Å². The van der Waals surface area contributed by atoms with Gasteiger partial charge < -0.3 is 5.32 Å². The van der Waals surface area contributed by atoms with Gasteiger partial charge in [0.15, 0.2) is 0 Å². The third kappa shape index (κ3) is 2.50. The summed E-state index contributed by atoms with van der Waals surface area (Å²) in [5, 5.41) is 3.19. The Morgan fingerprint density at radius 2 is 1.56 bits per heavy atom. The van der Waals surface area contributed by atoms with Crippen LogP contribution in [0.3, 0.4) is 0 Å². The number of benzene rings is 2. The van der Waals surface area contributed by atoms with Crippen LogP contribution in [0, 0.1) is 0 Å². The van der Waals surface area contributed by atoms with E-state index < -0.39 is 0 Å².